The van der Waals surface area contributed by atoms with Gasteiger partial charge in [-0.25, -0.2) is 0 Å². The van der Waals surface area contributed by atoms with Crippen molar-refractivity contribution in [3.63, 3.8) is 0 Å². The van der Waals surface area contributed by atoms with E-state index in [1.165, 1.54) is 11.1 Å². The second kappa shape index (κ2) is 9.01. The summed E-state index contributed by atoms with van der Waals surface area (Å²) in [6.07, 6.45) is 1.00. The van der Waals surface area contributed by atoms with Gasteiger partial charge in [-0.05, 0) is 48.4 Å². The molecule has 0 saturated heterocycles. The van der Waals surface area contributed by atoms with Crippen LogP contribution in [-0.4, -0.2) is 13.7 Å². The molecule has 0 bridgehead atoms. The van der Waals surface area contributed by atoms with Crippen LogP contribution in [0.1, 0.15) is 11.1 Å². The molecule has 0 aromatic heterocycles. The van der Waals surface area contributed by atoms with E-state index >= 15 is 0 Å². The highest BCUT2D eigenvalue weighted by atomic mass is 79.9. The summed E-state index contributed by atoms with van der Waals surface area (Å²) in [5.74, 6) is 0.900. The minimum absolute atomic E-state index is 0. The first-order valence-corrected chi connectivity index (χ1v) is 6.74. The molecule has 2 aromatic rings. The van der Waals surface area contributed by atoms with Crippen LogP contribution in [-0.2, 0) is 13.0 Å². The summed E-state index contributed by atoms with van der Waals surface area (Å²) in [4.78, 5) is 0. The van der Waals surface area contributed by atoms with E-state index in [1.54, 1.807) is 7.11 Å². The summed E-state index contributed by atoms with van der Waals surface area (Å²) in [5.41, 5.74) is 2.53. The SMILES string of the molecule is Br.COc1cccc(CNCCc2ccc(Cl)cc2)c1. The normalized spacial score (nSPS) is 9.90. The zero-order chi connectivity index (χ0) is 13.5. The van der Waals surface area contributed by atoms with E-state index in [-0.39, 0.29) is 17.0 Å². The van der Waals surface area contributed by atoms with Gasteiger partial charge in [0.15, 0.2) is 0 Å². The molecule has 2 nitrogen and oxygen atoms in total. The standard InChI is InChI=1S/C16H18ClNO.BrH/c1-19-16-4-2-3-14(11-16)12-18-10-9-13-5-7-15(17)8-6-13;/h2-8,11,18H,9-10,12H2,1H3;1H. The van der Waals surface area contributed by atoms with Crippen LogP contribution in [0.2, 0.25) is 5.02 Å². The maximum Gasteiger partial charge on any atom is 0.119 e. The first kappa shape index (κ1) is 17.0. The van der Waals surface area contributed by atoms with Crippen molar-refractivity contribution in [2.24, 2.45) is 0 Å². The van der Waals surface area contributed by atoms with Gasteiger partial charge in [0.25, 0.3) is 0 Å². The van der Waals surface area contributed by atoms with Crippen molar-refractivity contribution < 1.29 is 4.74 Å². The number of methoxy groups -OCH3 is 1. The summed E-state index contributed by atoms with van der Waals surface area (Å²) in [5, 5.41) is 4.21. The van der Waals surface area contributed by atoms with E-state index in [1.807, 2.05) is 24.3 Å². The maximum absolute atomic E-state index is 5.85. The number of rotatable bonds is 6. The van der Waals surface area contributed by atoms with Crippen molar-refractivity contribution in [1.82, 2.24) is 5.32 Å². The Bertz CT molecular complexity index is 516. The van der Waals surface area contributed by atoms with Crippen molar-refractivity contribution in [1.29, 1.82) is 0 Å². The van der Waals surface area contributed by atoms with Crippen LogP contribution in [0.5, 0.6) is 5.75 Å². The molecular formula is C16H19BrClNO. The Kier molecular flexibility index (Phi) is 7.67. The van der Waals surface area contributed by atoms with Crippen molar-refractivity contribution >= 4 is 28.6 Å². The molecule has 0 aliphatic heterocycles. The molecule has 0 aliphatic carbocycles. The number of benzene rings is 2. The van der Waals surface area contributed by atoms with E-state index in [0.29, 0.717) is 0 Å². The smallest absolute Gasteiger partial charge is 0.119 e. The van der Waals surface area contributed by atoms with Crippen molar-refractivity contribution in [3.05, 3.63) is 64.7 Å². The van der Waals surface area contributed by atoms with Crippen molar-refractivity contribution in [2.45, 2.75) is 13.0 Å². The fraction of sp³-hybridized carbons (Fsp3) is 0.250. The maximum atomic E-state index is 5.85. The minimum atomic E-state index is 0. The molecule has 2 aromatic carbocycles. The Morgan fingerprint density at radius 1 is 1.05 bits per heavy atom. The van der Waals surface area contributed by atoms with Crippen LogP contribution in [0.4, 0.5) is 0 Å². The first-order chi connectivity index (χ1) is 9.28. The molecule has 0 saturated carbocycles. The summed E-state index contributed by atoms with van der Waals surface area (Å²) in [7, 11) is 1.69. The molecule has 1 N–H and O–H groups in total. The third kappa shape index (κ3) is 5.53. The van der Waals surface area contributed by atoms with Crippen LogP contribution in [0.25, 0.3) is 0 Å². The van der Waals surface area contributed by atoms with Crippen LogP contribution in [0.3, 0.4) is 0 Å². The third-order valence-corrected chi connectivity index (χ3v) is 3.22. The van der Waals surface area contributed by atoms with Gasteiger partial charge in [-0.1, -0.05) is 35.9 Å². The second-order valence-electron chi connectivity index (χ2n) is 4.40. The van der Waals surface area contributed by atoms with Gasteiger partial charge in [-0.2, -0.15) is 0 Å². The lowest BCUT2D eigenvalue weighted by Crippen LogP contribution is -2.16. The monoisotopic (exact) mass is 355 g/mol. The van der Waals surface area contributed by atoms with Crippen LogP contribution in [0.15, 0.2) is 48.5 Å². The fourth-order valence-electron chi connectivity index (χ4n) is 1.90. The molecule has 20 heavy (non-hydrogen) atoms. The Hall–Kier alpha value is -1.03. The molecule has 0 fully saturated rings. The van der Waals surface area contributed by atoms with E-state index in [4.69, 9.17) is 16.3 Å². The van der Waals surface area contributed by atoms with Gasteiger partial charge < -0.3 is 10.1 Å². The zero-order valence-electron chi connectivity index (χ0n) is 11.4. The van der Waals surface area contributed by atoms with Crippen molar-refractivity contribution in [2.75, 3.05) is 13.7 Å². The molecule has 0 radical (unpaired) electrons. The highest BCUT2D eigenvalue weighted by Crippen LogP contribution is 2.12. The van der Waals surface area contributed by atoms with Gasteiger partial charge in [0.05, 0.1) is 7.11 Å². The average molecular weight is 357 g/mol. The molecule has 2 rings (SSSR count). The number of nitrogens with one attached hydrogen (secondary N) is 1. The van der Waals surface area contributed by atoms with Gasteiger partial charge in [0.1, 0.15) is 5.75 Å². The number of hydrogen-bond acceptors (Lipinski definition) is 2. The summed E-state index contributed by atoms with van der Waals surface area (Å²) >= 11 is 5.85. The fourth-order valence-corrected chi connectivity index (χ4v) is 2.02. The molecule has 4 heteroatoms. The molecule has 0 amide bonds. The van der Waals surface area contributed by atoms with E-state index < -0.39 is 0 Å². The Morgan fingerprint density at radius 3 is 2.50 bits per heavy atom. The van der Waals surface area contributed by atoms with E-state index in [0.717, 1.165) is 30.3 Å². The Labute approximate surface area is 135 Å². The van der Waals surface area contributed by atoms with Gasteiger partial charge in [-0.15, -0.1) is 17.0 Å². The Morgan fingerprint density at radius 2 is 1.80 bits per heavy atom. The van der Waals surface area contributed by atoms with Crippen LogP contribution < -0.4 is 10.1 Å². The van der Waals surface area contributed by atoms with Crippen LogP contribution >= 0.6 is 28.6 Å². The molecule has 108 valence electrons. The van der Waals surface area contributed by atoms with Crippen LogP contribution in [0, 0.1) is 0 Å². The first-order valence-electron chi connectivity index (χ1n) is 6.36. The van der Waals surface area contributed by atoms with Gasteiger partial charge in [0.2, 0.25) is 0 Å². The van der Waals surface area contributed by atoms with E-state index in [9.17, 15) is 0 Å². The van der Waals surface area contributed by atoms with Gasteiger partial charge in [0, 0.05) is 11.6 Å². The number of hydrogen-bond donors (Lipinski definition) is 1. The predicted octanol–water partition coefficient (Wildman–Crippen LogP) is 4.26. The molecular weight excluding hydrogens is 338 g/mol. The minimum Gasteiger partial charge on any atom is -0.497 e. The van der Waals surface area contributed by atoms with Gasteiger partial charge >= 0.3 is 0 Å². The highest BCUT2D eigenvalue weighted by Gasteiger charge is 1.97. The second-order valence-corrected chi connectivity index (χ2v) is 4.84. The lowest BCUT2D eigenvalue weighted by molar-refractivity contribution is 0.414. The summed E-state index contributed by atoms with van der Waals surface area (Å²) in [6.45, 7) is 1.80. The summed E-state index contributed by atoms with van der Waals surface area (Å²) in [6, 6.07) is 16.1. The molecule has 0 atom stereocenters. The lowest BCUT2D eigenvalue weighted by Gasteiger charge is -2.07. The zero-order valence-corrected chi connectivity index (χ0v) is 13.9. The third-order valence-electron chi connectivity index (χ3n) is 2.97. The number of ether oxygens (including phenoxy) is 1. The lowest BCUT2D eigenvalue weighted by atomic mass is 10.1. The van der Waals surface area contributed by atoms with Crippen molar-refractivity contribution in [3.8, 4) is 5.75 Å². The van der Waals surface area contributed by atoms with Gasteiger partial charge in [-0.3, -0.25) is 0 Å². The molecule has 0 heterocycles. The summed E-state index contributed by atoms with van der Waals surface area (Å²) < 4.78 is 5.20. The topological polar surface area (TPSA) is 21.3 Å². The molecule has 0 spiro atoms. The molecule has 0 unspecified atom stereocenters. The van der Waals surface area contributed by atoms with E-state index in [2.05, 4.69) is 29.6 Å². The predicted molar refractivity (Wildman–Crippen MR) is 90.2 cm³/mol. The largest absolute Gasteiger partial charge is 0.497 e. The highest BCUT2D eigenvalue weighted by molar-refractivity contribution is 8.93. The quantitative estimate of drug-likeness (QED) is 0.781. The average Bonchev–Trinajstić information content (AvgIpc) is 2.46. The Balaban J connectivity index is 0.00000200. The molecule has 0 aliphatic rings. The number of halogens is 2.